The van der Waals surface area contributed by atoms with Gasteiger partial charge in [0.2, 0.25) is 0 Å². The molecule has 2 aromatic rings. The first-order valence-corrected chi connectivity index (χ1v) is 6.36. The van der Waals surface area contributed by atoms with Crippen molar-refractivity contribution in [3.8, 4) is 11.5 Å². The van der Waals surface area contributed by atoms with Crippen molar-refractivity contribution in [2.75, 3.05) is 0 Å². The summed E-state index contributed by atoms with van der Waals surface area (Å²) in [5, 5.41) is 0.664. The summed E-state index contributed by atoms with van der Waals surface area (Å²) in [6.07, 6.45) is 0.925. The van der Waals surface area contributed by atoms with Gasteiger partial charge in [0, 0.05) is 11.1 Å². The maximum absolute atomic E-state index is 5.96. The molecule has 1 atom stereocenters. The van der Waals surface area contributed by atoms with E-state index < -0.39 is 0 Å². The van der Waals surface area contributed by atoms with Gasteiger partial charge in [-0.3, -0.25) is 0 Å². The molecule has 0 heterocycles. The highest BCUT2D eigenvalue weighted by molar-refractivity contribution is 6.30. The minimum Gasteiger partial charge on any atom is -0.457 e. The first-order chi connectivity index (χ1) is 8.69. The fourth-order valence-electron chi connectivity index (χ4n) is 1.69. The van der Waals surface area contributed by atoms with E-state index in [-0.39, 0.29) is 6.04 Å². The molecule has 0 saturated heterocycles. The molecule has 0 saturated carbocycles. The lowest BCUT2D eigenvalue weighted by atomic mass is 10.1. The summed E-state index contributed by atoms with van der Waals surface area (Å²) in [5.41, 5.74) is 7.08. The van der Waals surface area contributed by atoms with Gasteiger partial charge in [0.15, 0.2) is 0 Å². The second-order valence-electron chi connectivity index (χ2n) is 4.14. The molecule has 2 nitrogen and oxygen atoms in total. The molecule has 2 aromatic carbocycles. The first kappa shape index (κ1) is 12.9. The summed E-state index contributed by atoms with van der Waals surface area (Å²) in [6, 6.07) is 15.3. The molecule has 0 aromatic heterocycles. The van der Waals surface area contributed by atoms with Crippen LogP contribution in [0, 0.1) is 0 Å². The molecular weight excluding hydrogens is 246 g/mol. The Morgan fingerprint density at radius 1 is 1.11 bits per heavy atom. The lowest BCUT2D eigenvalue weighted by molar-refractivity contribution is 0.482. The van der Waals surface area contributed by atoms with Crippen LogP contribution >= 0.6 is 11.6 Å². The summed E-state index contributed by atoms with van der Waals surface area (Å²) < 4.78 is 5.70. The lowest BCUT2D eigenvalue weighted by Gasteiger charge is -2.10. The van der Waals surface area contributed by atoms with Crippen LogP contribution in [0.1, 0.15) is 24.9 Å². The van der Waals surface area contributed by atoms with E-state index in [0.717, 1.165) is 23.5 Å². The number of nitrogens with two attached hydrogens (primary N) is 1. The second kappa shape index (κ2) is 5.89. The summed E-state index contributed by atoms with van der Waals surface area (Å²) in [6.45, 7) is 2.07. The minimum absolute atomic E-state index is 0.0882. The average Bonchev–Trinajstić information content (AvgIpc) is 2.39. The fraction of sp³-hybridized carbons (Fsp3) is 0.200. The second-order valence-corrected chi connectivity index (χ2v) is 4.58. The molecule has 0 amide bonds. The highest BCUT2D eigenvalue weighted by Gasteiger charge is 2.03. The zero-order chi connectivity index (χ0) is 13.0. The number of hydrogen-bond donors (Lipinski definition) is 1. The van der Waals surface area contributed by atoms with E-state index in [1.807, 2.05) is 42.5 Å². The van der Waals surface area contributed by atoms with Crippen LogP contribution in [0.25, 0.3) is 0 Å². The highest BCUT2D eigenvalue weighted by atomic mass is 35.5. The van der Waals surface area contributed by atoms with Crippen LogP contribution < -0.4 is 10.5 Å². The smallest absolute Gasteiger partial charge is 0.128 e. The Balaban J connectivity index is 2.11. The van der Waals surface area contributed by atoms with Crippen LogP contribution in [0.4, 0.5) is 0 Å². The van der Waals surface area contributed by atoms with Gasteiger partial charge in [-0.25, -0.2) is 0 Å². The Labute approximate surface area is 112 Å². The third kappa shape index (κ3) is 3.25. The van der Waals surface area contributed by atoms with Crippen LogP contribution in [0.5, 0.6) is 11.5 Å². The highest BCUT2D eigenvalue weighted by Crippen LogP contribution is 2.25. The first-order valence-electron chi connectivity index (χ1n) is 5.98. The number of rotatable bonds is 4. The minimum atomic E-state index is 0.0882. The largest absolute Gasteiger partial charge is 0.457 e. The van der Waals surface area contributed by atoms with E-state index in [4.69, 9.17) is 22.1 Å². The number of hydrogen-bond acceptors (Lipinski definition) is 2. The fourth-order valence-corrected chi connectivity index (χ4v) is 1.87. The van der Waals surface area contributed by atoms with Crippen LogP contribution in [0.2, 0.25) is 5.02 Å². The SMILES string of the molecule is CC[C@@H](N)c1ccc(Oc2cccc(Cl)c2)cc1. The van der Waals surface area contributed by atoms with Crippen molar-refractivity contribution in [3.05, 3.63) is 59.1 Å². The Bertz CT molecular complexity index is 510. The van der Waals surface area contributed by atoms with Crippen molar-refractivity contribution in [1.82, 2.24) is 0 Å². The maximum atomic E-state index is 5.96. The summed E-state index contributed by atoms with van der Waals surface area (Å²) in [4.78, 5) is 0. The molecule has 0 bridgehead atoms. The summed E-state index contributed by atoms with van der Waals surface area (Å²) >= 11 is 5.90. The van der Waals surface area contributed by atoms with Crippen molar-refractivity contribution < 1.29 is 4.74 Å². The van der Waals surface area contributed by atoms with Crippen LogP contribution in [0.15, 0.2) is 48.5 Å². The molecule has 0 spiro atoms. The van der Waals surface area contributed by atoms with E-state index in [2.05, 4.69) is 6.92 Å². The summed E-state index contributed by atoms with van der Waals surface area (Å²) in [7, 11) is 0. The number of halogens is 1. The predicted octanol–water partition coefficient (Wildman–Crippen LogP) is 4.54. The van der Waals surface area contributed by atoms with Gasteiger partial charge in [-0.05, 0) is 42.3 Å². The van der Waals surface area contributed by atoms with E-state index >= 15 is 0 Å². The molecule has 2 rings (SSSR count). The average molecular weight is 262 g/mol. The zero-order valence-corrected chi connectivity index (χ0v) is 11.0. The van der Waals surface area contributed by atoms with E-state index in [9.17, 15) is 0 Å². The zero-order valence-electron chi connectivity index (χ0n) is 10.3. The molecule has 0 aliphatic carbocycles. The molecule has 0 aliphatic rings. The molecule has 94 valence electrons. The number of ether oxygens (including phenoxy) is 1. The monoisotopic (exact) mass is 261 g/mol. The number of benzene rings is 2. The van der Waals surface area contributed by atoms with Gasteiger partial charge in [0.1, 0.15) is 11.5 Å². The van der Waals surface area contributed by atoms with Crippen molar-refractivity contribution in [1.29, 1.82) is 0 Å². The van der Waals surface area contributed by atoms with Crippen molar-refractivity contribution in [3.63, 3.8) is 0 Å². The van der Waals surface area contributed by atoms with E-state index in [0.29, 0.717) is 5.02 Å². The topological polar surface area (TPSA) is 35.2 Å². The normalized spacial score (nSPS) is 12.2. The Morgan fingerprint density at radius 3 is 2.44 bits per heavy atom. The standard InChI is InChI=1S/C15H16ClNO/c1-2-15(17)11-6-8-13(9-7-11)18-14-5-3-4-12(16)10-14/h3-10,15H,2,17H2,1H3/t15-/m1/s1. The molecular formula is C15H16ClNO. The van der Waals surface area contributed by atoms with Crippen molar-refractivity contribution in [2.45, 2.75) is 19.4 Å². The third-order valence-corrected chi connectivity index (χ3v) is 3.01. The predicted molar refractivity (Wildman–Crippen MR) is 75.2 cm³/mol. The molecule has 3 heteroatoms. The molecule has 0 unspecified atom stereocenters. The van der Waals surface area contributed by atoms with Crippen LogP contribution in [-0.4, -0.2) is 0 Å². The maximum Gasteiger partial charge on any atom is 0.128 e. The molecule has 2 N–H and O–H groups in total. The van der Waals surface area contributed by atoms with Gasteiger partial charge < -0.3 is 10.5 Å². The third-order valence-electron chi connectivity index (χ3n) is 2.78. The molecule has 0 radical (unpaired) electrons. The molecule has 0 fully saturated rings. The molecule has 0 aliphatic heterocycles. The van der Waals surface area contributed by atoms with Crippen LogP contribution in [-0.2, 0) is 0 Å². The Kier molecular flexibility index (Phi) is 4.24. The Morgan fingerprint density at radius 2 is 1.83 bits per heavy atom. The van der Waals surface area contributed by atoms with Gasteiger partial charge in [-0.1, -0.05) is 36.7 Å². The van der Waals surface area contributed by atoms with Crippen molar-refractivity contribution >= 4 is 11.6 Å². The van der Waals surface area contributed by atoms with Gasteiger partial charge in [0.05, 0.1) is 0 Å². The molecule has 18 heavy (non-hydrogen) atoms. The Hall–Kier alpha value is -1.51. The van der Waals surface area contributed by atoms with Crippen molar-refractivity contribution in [2.24, 2.45) is 5.73 Å². The van der Waals surface area contributed by atoms with Gasteiger partial charge in [-0.2, -0.15) is 0 Å². The van der Waals surface area contributed by atoms with E-state index in [1.54, 1.807) is 6.07 Å². The van der Waals surface area contributed by atoms with E-state index in [1.165, 1.54) is 0 Å². The van der Waals surface area contributed by atoms with Gasteiger partial charge in [-0.15, -0.1) is 0 Å². The lowest BCUT2D eigenvalue weighted by Crippen LogP contribution is -2.07. The quantitative estimate of drug-likeness (QED) is 0.877. The van der Waals surface area contributed by atoms with Crippen LogP contribution in [0.3, 0.4) is 0 Å². The van der Waals surface area contributed by atoms with Gasteiger partial charge in [0.25, 0.3) is 0 Å². The van der Waals surface area contributed by atoms with Gasteiger partial charge >= 0.3 is 0 Å². The summed E-state index contributed by atoms with van der Waals surface area (Å²) in [5.74, 6) is 1.51.